The summed E-state index contributed by atoms with van der Waals surface area (Å²) in [6, 6.07) is 12.1. The molecule has 0 spiro atoms. The lowest BCUT2D eigenvalue weighted by Gasteiger charge is -2.22. The quantitative estimate of drug-likeness (QED) is 0.661. The lowest BCUT2D eigenvalue weighted by Crippen LogP contribution is -2.29. The summed E-state index contributed by atoms with van der Waals surface area (Å²) in [6.07, 6.45) is 0. The van der Waals surface area contributed by atoms with Crippen LogP contribution >= 0.6 is 15.9 Å². The monoisotopic (exact) mass is 348 g/mol. The van der Waals surface area contributed by atoms with E-state index in [-0.39, 0.29) is 6.04 Å². The normalized spacial score (nSPS) is 14.8. The van der Waals surface area contributed by atoms with Crippen molar-refractivity contribution in [2.45, 2.75) is 13.0 Å². The smallest absolute Gasteiger partial charge is 0.161 e. The van der Waals surface area contributed by atoms with Crippen molar-refractivity contribution in [3.05, 3.63) is 57.6 Å². The highest BCUT2D eigenvalue weighted by Gasteiger charge is 2.18. The topological polar surface area (TPSA) is 56.5 Å². The van der Waals surface area contributed by atoms with Gasteiger partial charge in [-0.1, -0.05) is 28.1 Å². The van der Waals surface area contributed by atoms with Gasteiger partial charge < -0.3 is 9.47 Å². The molecule has 3 N–H and O–H groups in total. The maximum Gasteiger partial charge on any atom is 0.161 e. The van der Waals surface area contributed by atoms with Crippen molar-refractivity contribution in [2.75, 3.05) is 13.2 Å². The van der Waals surface area contributed by atoms with Gasteiger partial charge in [-0.15, -0.1) is 0 Å². The number of rotatable bonds is 3. The minimum Gasteiger partial charge on any atom is -0.486 e. The molecule has 5 heteroatoms. The van der Waals surface area contributed by atoms with E-state index >= 15 is 0 Å². The molecule has 0 saturated heterocycles. The Morgan fingerprint density at radius 1 is 1.05 bits per heavy atom. The van der Waals surface area contributed by atoms with Crippen LogP contribution in [0.15, 0.2) is 40.9 Å². The van der Waals surface area contributed by atoms with Crippen LogP contribution in [0.4, 0.5) is 0 Å². The van der Waals surface area contributed by atoms with Gasteiger partial charge in [0.25, 0.3) is 0 Å². The standard InChI is InChI=1S/C16H17BrN2O2/c1-10-6-12(8-13(17)7-10)16(19-18)11-2-3-14-15(9-11)21-5-4-20-14/h2-3,6-9,16,19H,4-5,18H2,1H3. The molecule has 4 nitrogen and oxygen atoms in total. The fourth-order valence-corrected chi connectivity index (χ4v) is 3.18. The Morgan fingerprint density at radius 3 is 2.52 bits per heavy atom. The Hall–Kier alpha value is -1.56. The molecule has 2 aromatic carbocycles. The van der Waals surface area contributed by atoms with Crippen LogP contribution in [-0.2, 0) is 0 Å². The first-order chi connectivity index (χ1) is 10.2. The molecule has 0 bridgehead atoms. The molecule has 0 aromatic heterocycles. The van der Waals surface area contributed by atoms with Crippen LogP contribution in [0.5, 0.6) is 11.5 Å². The van der Waals surface area contributed by atoms with E-state index in [1.807, 2.05) is 18.2 Å². The highest BCUT2D eigenvalue weighted by Crippen LogP contribution is 2.34. The third-order valence-electron chi connectivity index (χ3n) is 3.46. The van der Waals surface area contributed by atoms with E-state index in [0.717, 1.165) is 27.1 Å². The van der Waals surface area contributed by atoms with Gasteiger partial charge in [0.15, 0.2) is 11.5 Å². The molecule has 0 radical (unpaired) electrons. The van der Waals surface area contributed by atoms with E-state index in [2.05, 4.69) is 46.5 Å². The number of halogens is 1. The number of nitrogens with two attached hydrogens (primary N) is 1. The fourth-order valence-electron chi connectivity index (χ4n) is 2.56. The summed E-state index contributed by atoms with van der Waals surface area (Å²) in [5.41, 5.74) is 6.20. The van der Waals surface area contributed by atoms with Crippen LogP contribution in [0.3, 0.4) is 0 Å². The molecular weight excluding hydrogens is 332 g/mol. The number of hydrogen-bond donors (Lipinski definition) is 2. The SMILES string of the molecule is Cc1cc(Br)cc(C(NN)c2ccc3c(c2)OCCO3)c1. The summed E-state index contributed by atoms with van der Waals surface area (Å²) in [5.74, 6) is 7.33. The summed E-state index contributed by atoms with van der Waals surface area (Å²) in [4.78, 5) is 0. The molecular formula is C16H17BrN2O2. The van der Waals surface area contributed by atoms with Crippen molar-refractivity contribution < 1.29 is 9.47 Å². The van der Waals surface area contributed by atoms with Crippen molar-refractivity contribution in [3.8, 4) is 11.5 Å². The molecule has 2 aromatic rings. The summed E-state index contributed by atoms with van der Waals surface area (Å²) in [7, 11) is 0. The fraction of sp³-hybridized carbons (Fsp3) is 0.250. The summed E-state index contributed by atoms with van der Waals surface area (Å²) < 4.78 is 12.2. The van der Waals surface area contributed by atoms with Crippen LogP contribution in [0.2, 0.25) is 0 Å². The van der Waals surface area contributed by atoms with Gasteiger partial charge in [-0.2, -0.15) is 0 Å². The zero-order valence-electron chi connectivity index (χ0n) is 11.7. The van der Waals surface area contributed by atoms with E-state index in [0.29, 0.717) is 13.2 Å². The second-order valence-electron chi connectivity index (χ2n) is 5.06. The zero-order valence-corrected chi connectivity index (χ0v) is 13.3. The van der Waals surface area contributed by atoms with Crippen LogP contribution in [0, 0.1) is 6.92 Å². The van der Waals surface area contributed by atoms with Crippen LogP contribution < -0.4 is 20.7 Å². The minimum atomic E-state index is -0.1000. The first kappa shape index (κ1) is 14.4. The molecule has 21 heavy (non-hydrogen) atoms. The second-order valence-corrected chi connectivity index (χ2v) is 5.98. The van der Waals surface area contributed by atoms with Crippen LogP contribution in [-0.4, -0.2) is 13.2 Å². The maximum atomic E-state index is 5.78. The Morgan fingerprint density at radius 2 is 1.81 bits per heavy atom. The molecule has 3 rings (SSSR count). The van der Waals surface area contributed by atoms with Crippen molar-refractivity contribution in [1.29, 1.82) is 0 Å². The number of ether oxygens (including phenoxy) is 2. The molecule has 0 aliphatic carbocycles. The Balaban J connectivity index is 1.99. The van der Waals surface area contributed by atoms with E-state index < -0.39 is 0 Å². The van der Waals surface area contributed by atoms with Crippen molar-refractivity contribution in [1.82, 2.24) is 5.43 Å². The number of aryl methyl sites for hydroxylation is 1. The van der Waals surface area contributed by atoms with Crippen LogP contribution in [0.1, 0.15) is 22.7 Å². The second kappa shape index (κ2) is 6.05. The zero-order chi connectivity index (χ0) is 14.8. The van der Waals surface area contributed by atoms with Gasteiger partial charge in [-0.05, 0) is 47.9 Å². The van der Waals surface area contributed by atoms with Crippen molar-refractivity contribution >= 4 is 15.9 Å². The van der Waals surface area contributed by atoms with Crippen LogP contribution in [0.25, 0.3) is 0 Å². The summed E-state index contributed by atoms with van der Waals surface area (Å²) in [6.45, 7) is 3.23. The van der Waals surface area contributed by atoms with E-state index in [4.69, 9.17) is 15.3 Å². The van der Waals surface area contributed by atoms with Gasteiger partial charge in [0, 0.05) is 4.47 Å². The predicted octanol–water partition coefficient (Wildman–Crippen LogP) is 3.08. The molecule has 1 unspecified atom stereocenters. The number of nitrogens with one attached hydrogen (secondary N) is 1. The Bertz CT molecular complexity index is 640. The van der Waals surface area contributed by atoms with Gasteiger partial charge in [-0.3, -0.25) is 5.84 Å². The molecule has 1 aliphatic rings. The van der Waals surface area contributed by atoms with E-state index in [1.54, 1.807) is 0 Å². The van der Waals surface area contributed by atoms with Gasteiger partial charge in [0.05, 0.1) is 6.04 Å². The molecule has 1 atom stereocenters. The minimum absolute atomic E-state index is 0.1000. The predicted molar refractivity (Wildman–Crippen MR) is 85.5 cm³/mol. The lowest BCUT2D eigenvalue weighted by atomic mass is 9.97. The largest absolute Gasteiger partial charge is 0.486 e. The van der Waals surface area contributed by atoms with Gasteiger partial charge in [0.1, 0.15) is 13.2 Å². The Labute approximate surface area is 132 Å². The molecule has 110 valence electrons. The molecule has 0 fully saturated rings. The molecule has 0 saturated carbocycles. The van der Waals surface area contributed by atoms with Gasteiger partial charge in [-0.25, -0.2) is 5.43 Å². The Kier molecular flexibility index (Phi) is 4.14. The van der Waals surface area contributed by atoms with Crippen molar-refractivity contribution in [2.24, 2.45) is 5.84 Å². The first-order valence-electron chi connectivity index (χ1n) is 6.80. The van der Waals surface area contributed by atoms with Gasteiger partial charge in [0.2, 0.25) is 0 Å². The lowest BCUT2D eigenvalue weighted by molar-refractivity contribution is 0.171. The number of fused-ring (bicyclic) bond motifs is 1. The molecule has 0 amide bonds. The average molecular weight is 349 g/mol. The average Bonchev–Trinajstić information content (AvgIpc) is 2.47. The number of hydrogen-bond acceptors (Lipinski definition) is 4. The molecule has 1 heterocycles. The third kappa shape index (κ3) is 3.05. The van der Waals surface area contributed by atoms with Crippen molar-refractivity contribution in [3.63, 3.8) is 0 Å². The summed E-state index contributed by atoms with van der Waals surface area (Å²) >= 11 is 3.53. The van der Waals surface area contributed by atoms with E-state index in [1.165, 1.54) is 5.56 Å². The highest BCUT2D eigenvalue weighted by atomic mass is 79.9. The van der Waals surface area contributed by atoms with Gasteiger partial charge >= 0.3 is 0 Å². The number of hydrazine groups is 1. The third-order valence-corrected chi connectivity index (χ3v) is 3.92. The highest BCUT2D eigenvalue weighted by molar-refractivity contribution is 9.10. The maximum absolute atomic E-state index is 5.78. The summed E-state index contributed by atoms with van der Waals surface area (Å²) in [5, 5.41) is 0. The number of benzene rings is 2. The van der Waals surface area contributed by atoms with E-state index in [9.17, 15) is 0 Å². The molecule has 1 aliphatic heterocycles. The first-order valence-corrected chi connectivity index (χ1v) is 7.59.